The highest BCUT2D eigenvalue weighted by Crippen LogP contribution is 2.14. The van der Waals surface area contributed by atoms with Gasteiger partial charge in [-0.3, -0.25) is 4.79 Å². The van der Waals surface area contributed by atoms with Gasteiger partial charge in [-0.2, -0.15) is 0 Å². The molecule has 0 fully saturated rings. The molecular weight excluding hydrogens is 224 g/mol. The van der Waals surface area contributed by atoms with Gasteiger partial charge in [0.25, 0.3) is 0 Å². The third-order valence-electron chi connectivity index (χ3n) is 2.85. The molecule has 0 spiro atoms. The number of benzene rings is 1. The van der Waals surface area contributed by atoms with Crippen LogP contribution in [-0.4, -0.2) is 12.4 Å². The van der Waals surface area contributed by atoms with Crippen molar-refractivity contribution in [3.05, 3.63) is 29.8 Å². The minimum atomic E-state index is 0.389. The second-order valence-corrected chi connectivity index (χ2v) is 4.63. The third kappa shape index (κ3) is 5.85. The summed E-state index contributed by atoms with van der Waals surface area (Å²) in [6, 6.07) is 8.21. The molecule has 0 aliphatic heterocycles. The Morgan fingerprint density at radius 2 is 1.78 bits per heavy atom. The maximum atomic E-state index is 11.4. The lowest BCUT2D eigenvalue weighted by Crippen LogP contribution is -1.98. The van der Waals surface area contributed by atoms with E-state index in [0.29, 0.717) is 12.2 Å². The van der Waals surface area contributed by atoms with Crippen LogP contribution in [-0.2, 0) is 11.2 Å². The number of aryl methyl sites for hydroxylation is 1. The predicted octanol–water partition coefficient (Wildman–Crippen LogP) is 4.17. The average molecular weight is 248 g/mol. The zero-order valence-corrected chi connectivity index (χ0v) is 11.6. The van der Waals surface area contributed by atoms with E-state index < -0.39 is 0 Å². The Morgan fingerprint density at radius 3 is 2.39 bits per heavy atom. The van der Waals surface area contributed by atoms with Crippen LogP contribution in [0.15, 0.2) is 24.3 Å². The lowest BCUT2D eigenvalue weighted by atomic mass is 10.0. The summed E-state index contributed by atoms with van der Waals surface area (Å²) in [4.78, 5) is 11.4. The Bertz CT molecular complexity index is 341. The highest BCUT2D eigenvalue weighted by atomic mass is 16.5. The van der Waals surface area contributed by atoms with Gasteiger partial charge >= 0.3 is 0 Å². The van der Waals surface area contributed by atoms with E-state index in [1.165, 1.54) is 5.56 Å². The molecule has 0 unspecified atom stereocenters. The van der Waals surface area contributed by atoms with Crippen molar-refractivity contribution in [2.24, 2.45) is 0 Å². The molecule has 0 saturated carbocycles. The van der Waals surface area contributed by atoms with Gasteiger partial charge in [-0.05, 0) is 43.4 Å². The summed E-state index contributed by atoms with van der Waals surface area (Å²) in [6.07, 6.45) is 5.35. The smallest absolute Gasteiger partial charge is 0.132 e. The minimum Gasteiger partial charge on any atom is -0.494 e. The van der Waals surface area contributed by atoms with E-state index in [9.17, 15) is 4.79 Å². The van der Waals surface area contributed by atoms with Gasteiger partial charge < -0.3 is 4.74 Å². The molecular formula is C16H24O2. The van der Waals surface area contributed by atoms with Crippen LogP contribution >= 0.6 is 0 Å². The van der Waals surface area contributed by atoms with Crippen molar-refractivity contribution in [3.8, 4) is 5.75 Å². The number of ketones is 1. The molecule has 1 aromatic rings. The molecule has 0 saturated heterocycles. The summed E-state index contributed by atoms with van der Waals surface area (Å²) >= 11 is 0. The summed E-state index contributed by atoms with van der Waals surface area (Å²) in [5, 5.41) is 0. The number of ether oxygens (including phenoxy) is 1. The van der Waals surface area contributed by atoms with Gasteiger partial charge in [0.1, 0.15) is 11.5 Å². The Kier molecular flexibility index (Phi) is 7.16. The third-order valence-corrected chi connectivity index (χ3v) is 2.85. The summed E-state index contributed by atoms with van der Waals surface area (Å²) in [6.45, 7) is 4.92. The molecule has 1 aromatic carbocycles. The van der Waals surface area contributed by atoms with Gasteiger partial charge in [-0.15, -0.1) is 0 Å². The van der Waals surface area contributed by atoms with Crippen LogP contribution in [0.1, 0.15) is 51.5 Å². The maximum Gasteiger partial charge on any atom is 0.132 e. The number of carbonyl (C=O) groups excluding carboxylic acids is 1. The Hall–Kier alpha value is -1.31. The second-order valence-electron chi connectivity index (χ2n) is 4.63. The first-order valence-corrected chi connectivity index (χ1v) is 6.99. The van der Waals surface area contributed by atoms with Crippen LogP contribution < -0.4 is 4.74 Å². The van der Waals surface area contributed by atoms with Crippen LogP contribution in [0.2, 0.25) is 0 Å². The average Bonchev–Trinajstić information content (AvgIpc) is 2.38. The highest BCUT2D eigenvalue weighted by Gasteiger charge is 2.01. The molecule has 0 aliphatic rings. The van der Waals surface area contributed by atoms with Crippen LogP contribution in [0.4, 0.5) is 0 Å². The summed E-state index contributed by atoms with van der Waals surface area (Å²) < 4.78 is 5.53. The Labute approximate surface area is 110 Å². The zero-order chi connectivity index (χ0) is 13.2. The summed E-state index contributed by atoms with van der Waals surface area (Å²) in [7, 11) is 0. The minimum absolute atomic E-state index is 0.389. The first kappa shape index (κ1) is 14.7. The van der Waals surface area contributed by atoms with E-state index in [-0.39, 0.29) is 0 Å². The van der Waals surface area contributed by atoms with E-state index in [4.69, 9.17) is 4.74 Å². The van der Waals surface area contributed by atoms with Crippen molar-refractivity contribution in [1.82, 2.24) is 0 Å². The van der Waals surface area contributed by atoms with Crippen molar-refractivity contribution >= 4 is 5.78 Å². The Morgan fingerprint density at radius 1 is 1.06 bits per heavy atom. The van der Waals surface area contributed by atoms with E-state index in [1.54, 1.807) is 0 Å². The van der Waals surface area contributed by atoms with Crippen LogP contribution in [0, 0.1) is 0 Å². The molecule has 18 heavy (non-hydrogen) atoms. The van der Waals surface area contributed by atoms with Crippen LogP contribution in [0.5, 0.6) is 5.75 Å². The highest BCUT2D eigenvalue weighted by molar-refractivity contribution is 5.78. The Balaban J connectivity index is 2.28. The van der Waals surface area contributed by atoms with Crippen molar-refractivity contribution in [3.63, 3.8) is 0 Å². The van der Waals surface area contributed by atoms with Crippen LogP contribution in [0.25, 0.3) is 0 Å². The van der Waals surface area contributed by atoms with E-state index in [2.05, 4.69) is 19.1 Å². The standard InChI is InChI=1S/C16H24O2/c1-3-6-15(17)8-5-7-14-9-11-16(12-10-14)18-13-4-2/h9-12H,3-8,13H2,1-2H3. The van der Waals surface area contributed by atoms with Gasteiger partial charge in [-0.1, -0.05) is 26.0 Å². The van der Waals surface area contributed by atoms with Crippen molar-refractivity contribution in [2.75, 3.05) is 6.61 Å². The summed E-state index contributed by atoms with van der Waals surface area (Å²) in [5.41, 5.74) is 1.28. The largest absolute Gasteiger partial charge is 0.494 e. The fourth-order valence-electron chi connectivity index (χ4n) is 1.87. The number of hydrogen-bond acceptors (Lipinski definition) is 2. The van der Waals surface area contributed by atoms with Crippen LogP contribution in [0.3, 0.4) is 0 Å². The topological polar surface area (TPSA) is 26.3 Å². The molecule has 0 heterocycles. The monoisotopic (exact) mass is 248 g/mol. The lowest BCUT2D eigenvalue weighted by molar-refractivity contribution is -0.119. The van der Waals surface area contributed by atoms with Crippen molar-refractivity contribution < 1.29 is 9.53 Å². The molecule has 1 rings (SSSR count). The maximum absolute atomic E-state index is 11.4. The number of carbonyl (C=O) groups is 1. The fraction of sp³-hybridized carbons (Fsp3) is 0.562. The molecule has 100 valence electrons. The SMILES string of the molecule is CCCOc1ccc(CCCC(=O)CCC)cc1. The number of rotatable bonds is 9. The molecule has 0 aromatic heterocycles. The second kappa shape index (κ2) is 8.73. The molecule has 0 aliphatic carbocycles. The first-order valence-electron chi connectivity index (χ1n) is 6.99. The van der Waals surface area contributed by atoms with Gasteiger partial charge in [0.05, 0.1) is 6.61 Å². The molecule has 0 amide bonds. The quantitative estimate of drug-likeness (QED) is 0.655. The number of hydrogen-bond donors (Lipinski definition) is 0. The predicted molar refractivity (Wildman–Crippen MR) is 75.1 cm³/mol. The molecule has 0 radical (unpaired) electrons. The van der Waals surface area contributed by atoms with Gasteiger partial charge in [0, 0.05) is 12.8 Å². The van der Waals surface area contributed by atoms with Gasteiger partial charge in [-0.25, -0.2) is 0 Å². The summed E-state index contributed by atoms with van der Waals surface area (Å²) in [5.74, 6) is 1.32. The lowest BCUT2D eigenvalue weighted by Gasteiger charge is -2.06. The van der Waals surface area contributed by atoms with E-state index >= 15 is 0 Å². The number of Topliss-reactive ketones (excluding diaryl/α,β-unsaturated/α-hetero) is 1. The van der Waals surface area contributed by atoms with Crippen molar-refractivity contribution in [1.29, 1.82) is 0 Å². The molecule has 0 atom stereocenters. The fourth-order valence-corrected chi connectivity index (χ4v) is 1.87. The molecule has 2 nitrogen and oxygen atoms in total. The van der Waals surface area contributed by atoms with Gasteiger partial charge in [0.2, 0.25) is 0 Å². The molecule has 2 heteroatoms. The zero-order valence-electron chi connectivity index (χ0n) is 11.6. The van der Waals surface area contributed by atoms with Crippen molar-refractivity contribution in [2.45, 2.75) is 52.4 Å². The first-order chi connectivity index (χ1) is 8.76. The normalized spacial score (nSPS) is 10.3. The van der Waals surface area contributed by atoms with E-state index in [1.807, 2.05) is 19.1 Å². The van der Waals surface area contributed by atoms with Gasteiger partial charge in [0.15, 0.2) is 0 Å². The molecule has 0 N–H and O–H groups in total. The molecule has 0 bridgehead atoms. The van der Waals surface area contributed by atoms with E-state index in [0.717, 1.165) is 44.5 Å².